The number of nitrogens with one attached hydrogen (secondary N) is 1. The van der Waals surface area contributed by atoms with E-state index in [0.29, 0.717) is 18.1 Å². The van der Waals surface area contributed by atoms with Gasteiger partial charge in [-0.05, 0) is 18.2 Å². The third kappa shape index (κ3) is 4.37. The molecule has 0 heterocycles. The van der Waals surface area contributed by atoms with Gasteiger partial charge in [0.05, 0.1) is 11.3 Å². The van der Waals surface area contributed by atoms with Gasteiger partial charge in [-0.2, -0.15) is 0 Å². The number of hydrogen-bond acceptors (Lipinski definition) is 3. The molecule has 0 spiro atoms. The van der Waals surface area contributed by atoms with Gasteiger partial charge in [0.15, 0.2) is 0 Å². The Morgan fingerprint density at radius 3 is 3.06 bits per heavy atom. The normalized spacial score (nSPS) is 9.65. The molecule has 0 aliphatic carbocycles. The molecule has 17 heavy (non-hydrogen) atoms. The minimum atomic E-state index is -0.481. The molecule has 0 aliphatic rings. The Kier molecular flexibility index (Phi) is 5.37. The van der Waals surface area contributed by atoms with E-state index < -0.39 is 5.82 Å². The van der Waals surface area contributed by atoms with Gasteiger partial charge in [0.2, 0.25) is 0 Å². The predicted molar refractivity (Wildman–Crippen MR) is 69.3 cm³/mol. The van der Waals surface area contributed by atoms with Crippen molar-refractivity contribution in [1.29, 1.82) is 0 Å². The highest BCUT2D eigenvalue weighted by Gasteiger charge is 2.09. The van der Waals surface area contributed by atoms with E-state index in [1.165, 1.54) is 12.1 Å². The van der Waals surface area contributed by atoms with Crippen LogP contribution in [0.25, 0.3) is 0 Å². The molecule has 3 nitrogen and oxygen atoms in total. The molecule has 1 aromatic rings. The van der Waals surface area contributed by atoms with Crippen LogP contribution in [0.5, 0.6) is 0 Å². The lowest BCUT2D eigenvalue weighted by atomic mass is 10.1. The van der Waals surface area contributed by atoms with Gasteiger partial charge in [-0.25, -0.2) is 4.39 Å². The van der Waals surface area contributed by atoms with E-state index >= 15 is 0 Å². The van der Waals surface area contributed by atoms with Gasteiger partial charge < -0.3 is 11.1 Å². The van der Waals surface area contributed by atoms with Gasteiger partial charge in [-0.15, -0.1) is 18.2 Å². The molecule has 0 bridgehead atoms. The summed E-state index contributed by atoms with van der Waals surface area (Å²) in [5, 5.41) is 2.65. The Morgan fingerprint density at radius 1 is 1.59 bits per heavy atom. The number of carbonyl (C=O) groups is 1. The summed E-state index contributed by atoms with van der Waals surface area (Å²) in [5.74, 6) is 2.95. The monoisotopic (exact) mass is 252 g/mol. The Morgan fingerprint density at radius 2 is 2.35 bits per heavy atom. The topological polar surface area (TPSA) is 55.1 Å². The van der Waals surface area contributed by atoms with E-state index in [1.54, 1.807) is 11.8 Å². The van der Waals surface area contributed by atoms with E-state index in [-0.39, 0.29) is 17.2 Å². The lowest BCUT2D eigenvalue weighted by Crippen LogP contribution is -2.26. The summed E-state index contributed by atoms with van der Waals surface area (Å²) >= 11 is 1.54. The largest absolute Gasteiger partial charge is 0.398 e. The van der Waals surface area contributed by atoms with Gasteiger partial charge in [0.1, 0.15) is 5.82 Å². The van der Waals surface area contributed by atoms with Crippen LogP contribution in [0, 0.1) is 18.2 Å². The van der Waals surface area contributed by atoms with Crippen LogP contribution < -0.4 is 11.1 Å². The third-order valence-corrected chi connectivity index (χ3v) is 2.84. The number of hydrogen-bond donors (Lipinski definition) is 2. The standard InChI is InChI=1S/C12H13FN2OS/c1-2-6-17-7-5-15-12(16)10-8-9(13)3-4-11(10)14/h1,3-4,8H,5-7,14H2,(H,15,16). The summed E-state index contributed by atoms with van der Waals surface area (Å²) < 4.78 is 12.9. The van der Waals surface area contributed by atoms with Crippen molar-refractivity contribution < 1.29 is 9.18 Å². The van der Waals surface area contributed by atoms with Gasteiger partial charge >= 0.3 is 0 Å². The summed E-state index contributed by atoms with van der Waals surface area (Å²) in [5.41, 5.74) is 6.01. The number of carbonyl (C=O) groups excluding carboxylic acids is 1. The Hall–Kier alpha value is -1.67. The van der Waals surface area contributed by atoms with Gasteiger partial charge in [-0.3, -0.25) is 4.79 Å². The molecule has 0 fully saturated rings. The second-order valence-corrected chi connectivity index (χ2v) is 4.35. The highest BCUT2D eigenvalue weighted by atomic mass is 32.2. The van der Waals surface area contributed by atoms with E-state index in [1.807, 2.05) is 0 Å². The zero-order valence-corrected chi connectivity index (χ0v) is 10.0. The number of nitrogen functional groups attached to an aromatic ring is 1. The van der Waals surface area contributed by atoms with Crippen LogP contribution in [0.4, 0.5) is 10.1 Å². The number of nitrogens with two attached hydrogens (primary N) is 1. The number of terminal acetylenes is 1. The fraction of sp³-hybridized carbons (Fsp3) is 0.250. The summed E-state index contributed by atoms with van der Waals surface area (Å²) in [6.07, 6.45) is 5.08. The molecule has 0 atom stereocenters. The average Bonchev–Trinajstić information content (AvgIpc) is 2.32. The molecular formula is C12H13FN2OS. The molecule has 5 heteroatoms. The maximum atomic E-state index is 12.9. The molecule has 0 aliphatic heterocycles. The number of benzene rings is 1. The molecule has 1 aromatic carbocycles. The van der Waals surface area contributed by atoms with E-state index in [4.69, 9.17) is 12.2 Å². The van der Waals surface area contributed by atoms with Gasteiger partial charge in [0.25, 0.3) is 5.91 Å². The van der Waals surface area contributed by atoms with Crippen LogP contribution in [-0.4, -0.2) is 24.0 Å². The van der Waals surface area contributed by atoms with Crippen molar-refractivity contribution in [2.75, 3.05) is 23.8 Å². The maximum absolute atomic E-state index is 12.9. The van der Waals surface area contributed by atoms with Crippen LogP contribution >= 0.6 is 11.8 Å². The minimum absolute atomic E-state index is 0.159. The Balaban J connectivity index is 2.47. The molecule has 90 valence electrons. The van der Waals surface area contributed by atoms with Gasteiger partial charge in [0, 0.05) is 18.0 Å². The third-order valence-electron chi connectivity index (χ3n) is 1.98. The zero-order valence-electron chi connectivity index (χ0n) is 9.20. The van der Waals surface area contributed by atoms with Crippen molar-refractivity contribution in [2.24, 2.45) is 0 Å². The molecule has 0 saturated carbocycles. The molecule has 0 aromatic heterocycles. The van der Waals surface area contributed by atoms with Crippen molar-refractivity contribution >= 4 is 23.4 Å². The first kappa shape index (κ1) is 13.4. The highest BCUT2D eigenvalue weighted by Crippen LogP contribution is 2.12. The molecular weight excluding hydrogens is 239 g/mol. The first-order chi connectivity index (χ1) is 8.15. The first-order valence-electron chi connectivity index (χ1n) is 4.99. The van der Waals surface area contributed by atoms with Crippen molar-refractivity contribution in [3.63, 3.8) is 0 Å². The summed E-state index contributed by atoms with van der Waals surface area (Å²) in [6, 6.07) is 3.71. The molecule has 0 radical (unpaired) electrons. The van der Waals surface area contributed by atoms with Crippen LogP contribution in [0.3, 0.4) is 0 Å². The SMILES string of the molecule is C#CCSCCNC(=O)c1cc(F)ccc1N. The summed E-state index contributed by atoms with van der Waals surface area (Å²) in [4.78, 5) is 11.6. The quantitative estimate of drug-likeness (QED) is 0.474. The number of thioether (sulfide) groups is 1. The maximum Gasteiger partial charge on any atom is 0.253 e. The van der Waals surface area contributed by atoms with Crippen LogP contribution in [0.15, 0.2) is 18.2 Å². The average molecular weight is 252 g/mol. The summed E-state index contributed by atoms with van der Waals surface area (Å²) in [7, 11) is 0. The van der Waals surface area contributed by atoms with Crippen molar-refractivity contribution in [2.45, 2.75) is 0 Å². The van der Waals surface area contributed by atoms with Crippen LogP contribution in [-0.2, 0) is 0 Å². The Bertz CT molecular complexity index is 443. The minimum Gasteiger partial charge on any atom is -0.398 e. The molecule has 3 N–H and O–H groups in total. The lowest BCUT2D eigenvalue weighted by molar-refractivity contribution is 0.0956. The van der Waals surface area contributed by atoms with E-state index in [2.05, 4.69) is 11.2 Å². The van der Waals surface area contributed by atoms with E-state index in [9.17, 15) is 9.18 Å². The zero-order chi connectivity index (χ0) is 12.7. The fourth-order valence-electron chi connectivity index (χ4n) is 1.19. The molecule has 0 unspecified atom stereocenters. The highest BCUT2D eigenvalue weighted by molar-refractivity contribution is 7.99. The number of anilines is 1. The van der Waals surface area contributed by atoms with Crippen molar-refractivity contribution in [1.82, 2.24) is 5.32 Å². The first-order valence-corrected chi connectivity index (χ1v) is 6.15. The van der Waals surface area contributed by atoms with Gasteiger partial charge in [-0.1, -0.05) is 5.92 Å². The molecule has 0 saturated heterocycles. The second kappa shape index (κ2) is 6.81. The number of amides is 1. The molecule has 1 rings (SSSR count). The number of halogens is 1. The Labute approximate surface area is 104 Å². The van der Waals surface area contributed by atoms with Crippen LogP contribution in [0.2, 0.25) is 0 Å². The van der Waals surface area contributed by atoms with E-state index in [0.717, 1.165) is 6.07 Å². The fourth-order valence-corrected chi connectivity index (χ4v) is 1.70. The predicted octanol–water partition coefficient (Wildman–Crippen LogP) is 1.50. The smallest absolute Gasteiger partial charge is 0.253 e. The molecule has 1 amide bonds. The number of rotatable bonds is 5. The summed E-state index contributed by atoms with van der Waals surface area (Å²) in [6.45, 7) is 0.473. The van der Waals surface area contributed by atoms with Crippen molar-refractivity contribution in [3.05, 3.63) is 29.6 Å². The lowest BCUT2D eigenvalue weighted by Gasteiger charge is -2.07. The van der Waals surface area contributed by atoms with Crippen molar-refractivity contribution in [3.8, 4) is 12.3 Å². The second-order valence-electron chi connectivity index (χ2n) is 3.24. The van der Waals surface area contributed by atoms with Crippen LogP contribution in [0.1, 0.15) is 10.4 Å².